The molecule has 0 amide bonds. The number of hydrogen-bond donors (Lipinski definition) is 0. The molecule has 0 radical (unpaired) electrons. The standard InChI is InChI=1S/C20H22N2OS/c1-21-9-11-22(12-10-21)18-13-15-5-3-4-6-19(15)24-20-14-16(23-2)7-8-17(18)20/h3-8,13-14H,9-12H2,1-2H3. The normalized spacial score (nSPS) is 17.6. The Morgan fingerprint density at radius 3 is 2.54 bits per heavy atom. The van der Waals surface area contributed by atoms with Crippen molar-refractivity contribution in [2.75, 3.05) is 40.3 Å². The van der Waals surface area contributed by atoms with E-state index in [4.69, 9.17) is 4.74 Å². The Balaban J connectivity index is 1.82. The van der Waals surface area contributed by atoms with Crippen molar-refractivity contribution in [3.8, 4) is 5.75 Å². The van der Waals surface area contributed by atoms with Crippen LogP contribution in [0.5, 0.6) is 5.75 Å². The van der Waals surface area contributed by atoms with Crippen molar-refractivity contribution in [3.05, 3.63) is 53.6 Å². The molecule has 124 valence electrons. The highest BCUT2D eigenvalue weighted by atomic mass is 32.2. The summed E-state index contributed by atoms with van der Waals surface area (Å²) in [6.07, 6.45) is 2.35. The molecule has 0 spiro atoms. The van der Waals surface area contributed by atoms with Gasteiger partial charge in [0.25, 0.3) is 0 Å². The lowest BCUT2D eigenvalue weighted by Crippen LogP contribution is -2.43. The Kier molecular flexibility index (Phi) is 4.25. The molecular weight excluding hydrogens is 316 g/mol. The van der Waals surface area contributed by atoms with Crippen LogP contribution in [0, 0.1) is 0 Å². The first-order valence-electron chi connectivity index (χ1n) is 8.35. The number of hydrogen-bond acceptors (Lipinski definition) is 4. The highest BCUT2D eigenvalue weighted by Crippen LogP contribution is 2.42. The molecule has 4 rings (SSSR count). The predicted octanol–water partition coefficient (Wildman–Crippen LogP) is 3.91. The zero-order valence-electron chi connectivity index (χ0n) is 14.2. The van der Waals surface area contributed by atoms with Crippen molar-refractivity contribution in [1.29, 1.82) is 0 Å². The Morgan fingerprint density at radius 2 is 1.75 bits per heavy atom. The van der Waals surface area contributed by atoms with Gasteiger partial charge in [0, 0.05) is 47.2 Å². The van der Waals surface area contributed by atoms with Crippen LogP contribution in [0.2, 0.25) is 0 Å². The number of rotatable bonds is 2. The summed E-state index contributed by atoms with van der Waals surface area (Å²) in [5, 5.41) is 0. The molecule has 24 heavy (non-hydrogen) atoms. The maximum Gasteiger partial charge on any atom is 0.120 e. The second-order valence-electron chi connectivity index (χ2n) is 6.32. The average Bonchev–Trinajstić information content (AvgIpc) is 2.78. The van der Waals surface area contributed by atoms with E-state index in [2.05, 4.69) is 65.4 Å². The van der Waals surface area contributed by atoms with E-state index < -0.39 is 0 Å². The van der Waals surface area contributed by atoms with E-state index in [0.29, 0.717) is 0 Å². The van der Waals surface area contributed by atoms with Gasteiger partial charge in [-0.05, 0) is 43.0 Å². The lowest BCUT2D eigenvalue weighted by molar-refractivity contribution is 0.207. The first kappa shape index (κ1) is 15.6. The fourth-order valence-electron chi connectivity index (χ4n) is 3.27. The number of methoxy groups -OCH3 is 1. The second kappa shape index (κ2) is 6.54. The van der Waals surface area contributed by atoms with Crippen molar-refractivity contribution in [2.24, 2.45) is 0 Å². The SMILES string of the molecule is COc1ccc2c(c1)Sc1ccccc1C=C2N1CCN(C)CC1. The minimum Gasteiger partial charge on any atom is -0.497 e. The number of nitrogens with zero attached hydrogens (tertiary/aromatic N) is 2. The van der Waals surface area contributed by atoms with Crippen molar-refractivity contribution < 1.29 is 4.74 Å². The van der Waals surface area contributed by atoms with E-state index in [0.717, 1.165) is 31.9 Å². The number of piperazine rings is 1. The van der Waals surface area contributed by atoms with E-state index in [1.165, 1.54) is 26.6 Å². The molecule has 3 nitrogen and oxygen atoms in total. The quantitative estimate of drug-likeness (QED) is 0.825. The van der Waals surface area contributed by atoms with Gasteiger partial charge in [0.2, 0.25) is 0 Å². The molecule has 0 unspecified atom stereocenters. The lowest BCUT2D eigenvalue weighted by atomic mass is 10.1. The van der Waals surface area contributed by atoms with Gasteiger partial charge in [-0.1, -0.05) is 30.0 Å². The average molecular weight is 338 g/mol. The summed E-state index contributed by atoms with van der Waals surface area (Å²) in [6.45, 7) is 4.36. The molecular formula is C20H22N2OS. The molecule has 0 bridgehead atoms. The van der Waals surface area contributed by atoms with Crippen molar-refractivity contribution >= 4 is 23.5 Å². The summed E-state index contributed by atoms with van der Waals surface area (Å²) < 4.78 is 5.45. The minimum atomic E-state index is 0.915. The molecule has 2 aromatic carbocycles. The number of benzene rings is 2. The van der Waals surface area contributed by atoms with Gasteiger partial charge in [-0.2, -0.15) is 0 Å². The second-order valence-corrected chi connectivity index (χ2v) is 7.41. The van der Waals surface area contributed by atoms with Gasteiger partial charge in [0.05, 0.1) is 7.11 Å². The van der Waals surface area contributed by atoms with Gasteiger partial charge in [-0.3, -0.25) is 0 Å². The Labute approximate surface area is 147 Å². The molecule has 1 fully saturated rings. The van der Waals surface area contributed by atoms with E-state index in [-0.39, 0.29) is 0 Å². The first-order chi connectivity index (χ1) is 11.7. The molecule has 2 aromatic rings. The van der Waals surface area contributed by atoms with Crippen LogP contribution >= 0.6 is 11.8 Å². The van der Waals surface area contributed by atoms with E-state index in [1.54, 1.807) is 7.11 Å². The summed E-state index contributed by atoms with van der Waals surface area (Å²) in [5.74, 6) is 0.915. The summed E-state index contributed by atoms with van der Waals surface area (Å²) in [6, 6.07) is 15.1. The monoisotopic (exact) mass is 338 g/mol. The molecule has 0 aliphatic carbocycles. The van der Waals surface area contributed by atoms with Gasteiger partial charge in [0.1, 0.15) is 5.75 Å². The van der Waals surface area contributed by atoms with Gasteiger partial charge in [-0.15, -0.1) is 0 Å². The summed E-state index contributed by atoms with van der Waals surface area (Å²) in [7, 11) is 3.93. The van der Waals surface area contributed by atoms with Crippen molar-refractivity contribution in [2.45, 2.75) is 9.79 Å². The summed E-state index contributed by atoms with van der Waals surface area (Å²) >= 11 is 1.83. The third-order valence-corrected chi connectivity index (χ3v) is 5.89. The Hall–Kier alpha value is -1.91. The highest BCUT2D eigenvalue weighted by molar-refractivity contribution is 7.99. The number of fused-ring (bicyclic) bond motifs is 2. The van der Waals surface area contributed by atoms with Crippen molar-refractivity contribution in [1.82, 2.24) is 9.80 Å². The van der Waals surface area contributed by atoms with Gasteiger partial charge in [-0.25, -0.2) is 0 Å². The smallest absolute Gasteiger partial charge is 0.120 e. The summed E-state index contributed by atoms with van der Waals surface area (Å²) in [4.78, 5) is 7.49. The first-order valence-corrected chi connectivity index (χ1v) is 9.17. The topological polar surface area (TPSA) is 15.7 Å². The molecule has 0 saturated carbocycles. The molecule has 0 aromatic heterocycles. The van der Waals surface area contributed by atoms with E-state index >= 15 is 0 Å². The minimum absolute atomic E-state index is 0.915. The van der Waals surface area contributed by atoms with Gasteiger partial charge >= 0.3 is 0 Å². The predicted molar refractivity (Wildman–Crippen MR) is 101 cm³/mol. The lowest BCUT2D eigenvalue weighted by Gasteiger charge is -2.36. The third-order valence-electron chi connectivity index (χ3n) is 4.74. The largest absolute Gasteiger partial charge is 0.497 e. The molecule has 1 saturated heterocycles. The Morgan fingerprint density at radius 1 is 0.958 bits per heavy atom. The van der Waals surface area contributed by atoms with E-state index in [9.17, 15) is 0 Å². The van der Waals surface area contributed by atoms with Crippen LogP contribution in [-0.4, -0.2) is 50.1 Å². The maximum absolute atomic E-state index is 5.45. The number of ether oxygens (including phenoxy) is 1. The maximum atomic E-state index is 5.45. The third kappa shape index (κ3) is 2.92. The van der Waals surface area contributed by atoms with Gasteiger partial charge < -0.3 is 14.5 Å². The molecule has 4 heteroatoms. The fraction of sp³-hybridized carbons (Fsp3) is 0.300. The fourth-order valence-corrected chi connectivity index (χ4v) is 4.36. The van der Waals surface area contributed by atoms with Crippen LogP contribution in [0.25, 0.3) is 11.8 Å². The molecule has 2 aliphatic heterocycles. The van der Waals surface area contributed by atoms with Crippen LogP contribution in [0.1, 0.15) is 11.1 Å². The number of likely N-dealkylation sites (N-methyl/N-ethyl adjacent to an activating group) is 1. The van der Waals surface area contributed by atoms with Crippen LogP contribution < -0.4 is 4.74 Å². The zero-order chi connectivity index (χ0) is 16.5. The highest BCUT2D eigenvalue weighted by Gasteiger charge is 2.23. The summed E-state index contributed by atoms with van der Waals surface area (Å²) in [5.41, 5.74) is 3.94. The van der Waals surface area contributed by atoms with Crippen LogP contribution in [0.15, 0.2) is 52.3 Å². The van der Waals surface area contributed by atoms with Crippen LogP contribution in [-0.2, 0) is 0 Å². The van der Waals surface area contributed by atoms with Crippen molar-refractivity contribution in [3.63, 3.8) is 0 Å². The molecule has 0 N–H and O–H groups in total. The molecule has 2 aliphatic rings. The molecule has 2 heterocycles. The van der Waals surface area contributed by atoms with Crippen LogP contribution in [0.4, 0.5) is 0 Å². The van der Waals surface area contributed by atoms with Crippen LogP contribution in [0.3, 0.4) is 0 Å². The zero-order valence-corrected chi connectivity index (χ0v) is 15.0. The van der Waals surface area contributed by atoms with Gasteiger partial charge in [0.15, 0.2) is 0 Å². The Bertz CT molecular complexity index is 779. The van der Waals surface area contributed by atoms with E-state index in [1.807, 2.05) is 11.8 Å². The molecule has 0 atom stereocenters.